The fraction of sp³-hybridized carbons (Fsp3) is 0.667. The second-order valence-electron chi connectivity index (χ2n) is 6.26. The SMILES string of the molecule is COC(=O)CCO[C@H]1CN(c2nc(N)ncc2CCS(C)(=O)=O)C[C@@H]1N. The number of aryl methyl sites for hydroxylation is 1. The molecule has 1 fully saturated rings. The monoisotopic (exact) mass is 387 g/mol. The van der Waals surface area contributed by atoms with Gasteiger partial charge in [0.05, 0.1) is 38.0 Å². The highest BCUT2D eigenvalue weighted by Crippen LogP contribution is 2.24. The van der Waals surface area contributed by atoms with E-state index in [9.17, 15) is 13.2 Å². The van der Waals surface area contributed by atoms with E-state index in [1.165, 1.54) is 13.4 Å². The Morgan fingerprint density at radius 3 is 2.81 bits per heavy atom. The Hall–Kier alpha value is -1.98. The van der Waals surface area contributed by atoms with Gasteiger partial charge < -0.3 is 25.8 Å². The molecule has 10 nitrogen and oxygen atoms in total. The molecule has 0 bridgehead atoms. The molecule has 1 aromatic rings. The van der Waals surface area contributed by atoms with Gasteiger partial charge in [-0.15, -0.1) is 0 Å². The molecule has 2 rings (SSSR count). The highest BCUT2D eigenvalue weighted by Gasteiger charge is 2.33. The lowest BCUT2D eigenvalue weighted by molar-refractivity contribution is -0.142. The average molecular weight is 387 g/mol. The minimum Gasteiger partial charge on any atom is -0.469 e. The van der Waals surface area contributed by atoms with Crippen LogP contribution in [-0.2, 0) is 30.5 Å². The van der Waals surface area contributed by atoms with Crippen LogP contribution in [0.4, 0.5) is 11.8 Å². The third-order valence-electron chi connectivity index (χ3n) is 4.08. The van der Waals surface area contributed by atoms with Crippen LogP contribution in [0.5, 0.6) is 0 Å². The number of hydrogen-bond donors (Lipinski definition) is 2. The predicted molar refractivity (Wildman–Crippen MR) is 96.4 cm³/mol. The van der Waals surface area contributed by atoms with Crippen LogP contribution in [0.1, 0.15) is 12.0 Å². The fourth-order valence-corrected chi connectivity index (χ4v) is 3.29. The number of sulfone groups is 1. The summed E-state index contributed by atoms with van der Waals surface area (Å²) in [7, 11) is -1.79. The Kier molecular flexibility index (Phi) is 6.73. The molecule has 11 heteroatoms. The second kappa shape index (κ2) is 8.60. The molecule has 0 saturated carbocycles. The van der Waals surface area contributed by atoms with Gasteiger partial charge in [0.2, 0.25) is 5.95 Å². The van der Waals surface area contributed by atoms with Gasteiger partial charge in [-0.1, -0.05) is 0 Å². The van der Waals surface area contributed by atoms with Crippen molar-refractivity contribution in [3.05, 3.63) is 11.8 Å². The summed E-state index contributed by atoms with van der Waals surface area (Å²) in [4.78, 5) is 21.3. The van der Waals surface area contributed by atoms with Crippen molar-refractivity contribution < 1.29 is 22.7 Å². The Labute approximate surface area is 152 Å². The number of carbonyl (C=O) groups is 1. The number of nitrogens with zero attached hydrogens (tertiary/aromatic N) is 3. The first-order chi connectivity index (χ1) is 12.2. The van der Waals surface area contributed by atoms with Gasteiger partial charge in [-0.05, 0) is 6.42 Å². The molecule has 0 unspecified atom stereocenters. The molecule has 1 saturated heterocycles. The Morgan fingerprint density at radius 1 is 1.42 bits per heavy atom. The molecule has 0 aliphatic carbocycles. The summed E-state index contributed by atoms with van der Waals surface area (Å²) in [5.41, 5.74) is 12.5. The lowest BCUT2D eigenvalue weighted by atomic mass is 10.2. The van der Waals surface area contributed by atoms with Crippen LogP contribution in [0.15, 0.2) is 6.20 Å². The maximum absolute atomic E-state index is 11.4. The molecule has 2 heterocycles. The lowest BCUT2D eigenvalue weighted by Crippen LogP contribution is -2.35. The molecular formula is C15H25N5O5S. The van der Waals surface area contributed by atoms with Crippen LogP contribution >= 0.6 is 0 Å². The number of methoxy groups -OCH3 is 1. The quantitative estimate of drug-likeness (QED) is 0.517. The smallest absolute Gasteiger partial charge is 0.307 e. The number of anilines is 2. The summed E-state index contributed by atoms with van der Waals surface area (Å²) in [6, 6.07) is -0.272. The molecule has 0 spiro atoms. The molecule has 1 aromatic heterocycles. The number of nitrogens with two attached hydrogens (primary N) is 2. The van der Waals surface area contributed by atoms with Crippen molar-refractivity contribution in [1.29, 1.82) is 0 Å². The van der Waals surface area contributed by atoms with Crippen molar-refractivity contribution in [1.82, 2.24) is 9.97 Å². The normalized spacial score (nSPS) is 20.3. The van der Waals surface area contributed by atoms with Gasteiger partial charge in [-0.2, -0.15) is 4.98 Å². The van der Waals surface area contributed by atoms with Crippen LogP contribution in [0.3, 0.4) is 0 Å². The van der Waals surface area contributed by atoms with E-state index in [0.717, 1.165) is 0 Å². The number of rotatable bonds is 8. The zero-order valence-electron chi connectivity index (χ0n) is 14.9. The van der Waals surface area contributed by atoms with E-state index < -0.39 is 9.84 Å². The summed E-state index contributed by atoms with van der Waals surface area (Å²) < 4.78 is 33.2. The highest BCUT2D eigenvalue weighted by atomic mass is 32.2. The number of esters is 1. The molecule has 1 aliphatic rings. The zero-order chi connectivity index (χ0) is 19.3. The third kappa shape index (κ3) is 5.78. The van der Waals surface area contributed by atoms with Crippen LogP contribution in [-0.4, -0.2) is 75.3 Å². The average Bonchev–Trinajstić information content (AvgIpc) is 2.93. The van der Waals surface area contributed by atoms with E-state index >= 15 is 0 Å². The van der Waals surface area contributed by atoms with E-state index in [2.05, 4.69) is 14.7 Å². The molecule has 4 N–H and O–H groups in total. The third-order valence-corrected chi connectivity index (χ3v) is 5.02. The molecular weight excluding hydrogens is 362 g/mol. The minimum absolute atomic E-state index is 0.00771. The maximum atomic E-state index is 11.4. The number of hydrogen-bond acceptors (Lipinski definition) is 10. The maximum Gasteiger partial charge on any atom is 0.307 e. The molecule has 1 aliphatic heterocycles. The van der Waals surface area contributed by atoms with Gasteiger partial charge in [-0.3, -0.25) is 4.79 Å². The summed E-state index contributed by atoms with van der Waals surface area (Å²) >= 11 is 0. The van der Waals surface area contributed by atoms with Crippen molar-refractivity contribution in [2.24, 2.45) is 5.73 Å². The predicted octanol–water partition coefficient (Wildman–Crippen LogP) is -1.26. The van der Waals surface area contributed by atoms with Gasteiger partial charge in [0.15, 0.2) is 0 Å². The number of carbonyl (C=O) groups excluding carboxylic acids is 1. The first-order valence-electron chi connectivity index (χ1n) is 8.17. The van der Waals surface area contributed by atoms with Gasteiger partial charge in [0.1, 0.15) is 15.7 Å². The van der Waals surface area contributed by atoms with Crippen LogP contribution in [0.2, 0.25) is 0 Å². The van der Waals surface area contributed by atoms with Crippen LogP contribution < -0.4 is 16.4 Å². The van der Waals surface area contributed by atoms with Crippen LogP contribution in [0.25, 0.3) is 0 Å². The summed E-state index contributed by atoms with van der Waals surface area (Å²) in [5.74, 6) is 0.314. The van der Waals surface area contributed by atoms with Crippen molar-refractivity contribution in [3.8, 4) is 0 Å². The van der Waals surface area contributed by atoms with E-state index in [1.807, 2.05) is 4.90 Å². The van der Waals surface area contributed by atoms with Gasteiger partial charge in [-0.25, -0.2) is 13.4 Å². The van der Waals surface area contributed by atoms with Gasteiger partial charge in [0, 0.05) is 31.1 Å². The van der Waals surface area contributed by atoms with Crippen molar-refractivity contribution >= 4 is 27.6 Å². The van der Waals surface area contributed by atoms with Crippen molar-refractivity contribution in [2.45, 2.75) is 25.0 Å². The minimum atomic E-state index is -3.12. The molecule has 26 heavy (non-hydrogen) atoms. The summed E-state index contributed by atoms with van der Waals surface area (Å²) in [5, 5.41) is 0. The van der Waals surface area contributed by atoms with E-state index in [1.54, 1.807) is 6.20 Å². The zero-order valence-corrected chi connectivity index (χ0v) is 15.7. The summed E-state index contributed by atoms with van der Waals surface area (Å²) in [6.45, 7) is 1.15. The Bertz CT molecular complexity index is 742. The highest BCUT2D eigenvalue weighted by molar-refractivity contribution is 7.90. The Balaban J connectivity index is 2.06. The lowest BCUT2D eigenvalue weighted by Gasteiger charge is -2.20. The first kappa shape index (κ1) is 20.3. The summed E-state index contributed by atoms with van der Waals surface area (Å²) in [6.07, 6.45) is 2.88. The van der Waals surface area contributed by atoms with Crippen molar-refractivity contribution in [3.63, 3.8) is 0 Å². The van der Waals surface area contributed by atoms with E-state index in [4.69, 9.17) is 16.2 Å². The topological polar surface area (TPSA) is 151 Å². The fourth-order valence-electron chi connectivity index (χ4n) is 2.70. The van der Waals surface area contributed by atoms with Gasteiger partial charge in [0.25, 0.3) is 0 Å². The largest absolute Gasteiger partial charge is 0.469 e. The standard InChI is InChI=1S/C15H25N5O5S/c1-24-13(21)3-5-25-12-9-20(8-11(12)16)14-10(4-6-26(2,22)23)7-18-15(17)19-14/h7,11-12H,3-6,8-9,16H2,1-2H3,(H2,17,18,19)/t11-,12-/m0/s1. The molecule has 0 radical (unpaired) electrons. The van der Waals surface area contributed by atoms with Crippen LogP contribution in [0, 0.1) is 0 Å². The molecule has 2 atom stereocenters. The van der Waals surface area contributed by atoms with E-state index in [0.29, 0.717) is 24.5 Å². The molecule has 0 amide bonds. The molecule has 0 aromatic carbocycles. The van der Waals surface area contributed by atoms with Gasteiger partial charge >= 0.3 is 5.97 Å². The second-order valence-corrected chi connectivity index (χ2v) is 8.52. The Morgan fingerprint density at radius 2 is 2.15 bits per heavy atom. The first-order valence-corrected chi connectivity index (χ1v) is 10.2. The van der Waals surface area contributed by atoms with E-state index in [-0.39, 0.29) is 49.3 Å². The molecule has 146 valence electrons. The number of aromatic nitrogens is 2. The van der Waals surface area contributed by atoms with Crippen molar-refractivity contribution in [2.75, 3.05) is 49.4 Å². The number of ether oxygens (including phenoxy) is 2. The number of nitrogen functional groups attached to an aromatic ring is 1.